The van der Waals surface area contributed by atoms with Crippen LogP contribution < -0.4 is 5.32 Å². The minimum Gasteiger partial charge on any atom is -0.387 e. The lowest BCUT2D eigenvalue weighted by atomic mass is 10.0. The van der Waals surface area contributed by atoms with Crippen molar-refractivity contribution in [3.05, 3.63) is 24.3 Å². The molecule has 0 radical (unpaired) electrons. The molecular formula is C60H120N2O6P+. The number of carbonyl (C=O) groups excluding carboxylic acids is 1. The molecular weight excluding hydrogens is 876 g/mol. The summed E-state index contributed by atoms with van der Waals surface area (Å²) in [6.07, 6.45) is 65.7. The summed E-state index contributed by atoms with van der Waals surface area (Å²) in [4.78, 5) is 23.3. The van der Waals surface area contributed by atoms with Gasteiger partial charge in [-0.15, -0.1) is 0 Å². The first-order valence-corrected chi connectivity index (χ1v) is 31.7. The zero-order chi connectivity index (χ0) is 50.6. The van der Waals surface area contributed by atoms with Crippen molar-refractivity contribution < 1.29 is 32.9 Å². The molecule has 0 aromatic rings. The van der Waals surface area contributed by atoms with Crippen LogP contribution in [0.25, 0.3) is 0 Å². The second-order valence-electron chi connectivity index (χ2n) is 22.1. The molecule has 8 nitrogen and oxygen atoms in total. The van der Waals surface area contributed by atoms with E-state index < -0.39 is 20.0 Å². The number of phosphoric acid groups is 1. The van der Waals surface area contributed by atoms with E-state index in [1.807, 2.05) is 27.2 Å². The van der Waals surface area contributed by atoms with E-state index in [1.54, 1.807) is 6.08 Å². The van der Waals surface area contributed by atoms with Gasteiger partial charge in [0.1, 0.15) is 13.2 Å². The Kier molecular flexibility index (Phi) is 51.1. The Bertz CT molecular complexity index is 1170. The van der Waals surface area contributed by atoms with Crippen molar-refractivity contribution in [2.45, 2.75) is 315 Å². The Balaban J connectivity index is 4.14. The van der Waals surface area contributed by atoms with Gasteiger partial charge in [0, 0.05) is 6.42 Å². The number of unbranched alkanes of at least 4 members (excludes halogenated alkanes) is 41. The summed E-state index contributed by atoms with van der Waals surface area (Å²) in [7, 11) is 1.59. The number of hydrogen-bond donors (Lipinski definition) is 3. The van der Waals surface area contributed by atoms with Gasteiger partial charge < -0.3 is 19.8 Å². The summed E-state index contributed by atoms with van der Waals surface area (Å²) >= 11 is 0. The van der Waals surface area contributed by atoms with E-state index in [1.165, 1.54) is 250 Å². The molecule has 410 valence electrons. The Morgan fingerprint density at radius 2 is 0.783 bits per heavy atom. The average molecular weight is 997 g/mol. The number of amides is 1. The van der Waals surface area contributed by atoms with Crippen molar-refractivity contribution >= 4 is 13.7 Å². The first-order valence-electron chi connectivity index (χ1n) is 30.2. The lowest BCUT2D eigenvalue weighted by Gasteiger charge is -2.25. The normalized spacial score (nSPS) is 14.0. The van der Waals surface area contributed by atoms with E-state index >= 15 is 0 Å². The van der Waals surface area contributed by atoms with Gasteiger partial charge in [0.15, 0.2) is 0 Å². The first-order chi connectivity index (χ1) is 33.5. The molecule has 0 aliphatic rings. The molecule has 69 heavy (non-hydrogen) atoms. The number of phosphoric ester groups is 1. The van der Waals surface area contributed by atoms with E-state index in [2.05, 4.69) is 31.3 Å². The molecule has 0 aromatic heterocycles. The zero-order valence-corrected chi connectivity index (χ0v) is 47.7. The van der Waals surface area contributed by atoms with Crippen LogP contribution in [0.1, 0.15) is 303 Å². The van der Waals surface area contributed by atoms with Gasteiger partial charge in [-0.05, 0) is 44.9 Å². The molecule has 0 rings (SSSR count). The van der Waals surface area contributed by atoms with Crippen molar-refractivity contribution in [2.75, 3.05) is 40.9 Å². The Morgan fingerprint density at radius 3 is 1.12 bits per heavy atom. The molecule has 0 saturated heterocycles. The lowest BCUT2D eigenvalue weighted by Crippen LogP contribution is -2.45. The van der Waals surface area contributed by atoms with Crippen molar-refractivity contribution in [3.8, 4) is 0 Å². The average Bonchev–Trinajstić information content (AvgIpc) is 3.31. The standard InChI is InChI=1S/C60H119N2O6P/c1-6-8-10-12-14-16-18-20-22-24-26-28-29-30-31-32-33-34-36-38-40-42-44-46-48-50-52-54-60(64)61-58(57-68-69(65,66)67-56-55-62(3,4)5)59(63)53-51-49-47-45-43-41-39-37-35-27-25-23-21-19-17-15-13-11-9-7-2/h24,26,51,53,58-59,63H,6-23,25,27-50,52,54-57H2,1-5H3,(H-,61,64,65,66)/p+1/b26-24-,53-51+. The van der Waals surface area contributed by atoms with Crippen LogP contribution in [0.5, 0.6) is 0 Å². The third-order valence-corrected chi connectivity index (χ3v) is 14.9. The summed E-state index contributed by atoms with van der Waals surface area (Å²) in [6.45, 7) is 4.86. The molecule has 9 heteroatoms. The van der Waals surface area contributed by atoms with E-state index in [9.17, 15) is 19.4 Å². The smallest absolute Gasteiger partial charge is 0.387 e. The lowest BCUT2D eigenvalue weighted by molar-refractivity contribution is -0.870. The molecule has 3 N–H and O–H groups in total. The molecule has 3 atom stereocenters. The zero-order valence-electron chi connectivity index (χ0n) is 46.8. The second kappa shape index (κ2) is 51.9. The van der Waals surface area contributed by atoms with Gasteiger partial charge in [-0.1, -0.05) is 276 Å². The monoisotopic (exact) mass is 996 g/mol. The number of aliphatic hydroxyl groups is 1. The predicted octanol–water partition coefficient (Wildman–Crippen LogP) is 18.4. The van der Waals surface area contributed by atoms with Gasteiger partial charge in [-0.25, -0.2) is 4.57 Å². The highest BCUT2D eigenvalue weighted by atomic mass is 31.2. The van der Waals surface area contributed by atoms with Crippen molar-refractivity contribution in [1.29, 1.82) is 0 Å². The van der Waals surface area contributed by atoms with Crippen LogP contribution in [-0.2, 0) is 18.4 Å². The number of rotatable bonds is 56. The third kappa shape index (κ3) is 54.6. The first kappa shape index (κ1) is 68.0. The number of nitrogens with zero attached hydrogens (tertiary/aromatic N) is 1. The minimum atomic E-state index is -4.35. The summed E-state index contributed by atoms with van der Waals surface area (Å²) < 4.78 is 23.7. The molecule has 0 fully saturated rings. The number of likely N-dealkylation sites (N-methyl/N-ethyl adjacent to an activating group) is 1. The fraction of sp³-hybridized carbons (Fsp3) is 0.917. The van der Waals surface area contributed by atoms with Gasteiger partial charge in [0.05, 0.1) is 39.9 Å². The molecule has 0 saturated carbocycles. The molecule has 0 spiro atoms. The van der Waals surface area contributed by atoms with Crippen molar-refractivity contribution in [1.82, 2.24) is 5.32 Å². The SMILES string of the molecule is CCCCCCCCCC/C=C\CCCCCCCCCCCCCCCCCC(=O)NC(COP(=O)(O)OCC[N+](C)(C)C)C(O)/C=C/CCCCCCCCCCCCCCCCCCCC. The van der Waals surface area contributed by atoms with E-state index in [0.717, 1.165) is 32.1 Å². The molecule has 1 amide bonds. The van der Waals surface area contributed by atoms with Crippen LogP contribution in [0.2, 0.25) is 0 Å². The second-order valence-corrected chi connectivity index (χ2v) is 23.5. The number of allylic oxidation sites excluding steroid dienone is 3. The summed E-state index contributed by atoms with van der Waals surface area (Å²) in [5.41, 5.74) is 0. The van der Waals surface area contributed by atoms with E-state index in [-0.39, 0.29) is 19.1 Å². The number of aliphatic hydroxyl groups excluding tert-OH is 1. The fourth-order valence-electron chi connectivity index (χ4n) is 9.16. The Morgan fingerprint density at radius 1 is 0.478 bits per heavy atom. The minimum absolute atomic E-state index is 0.0638. The molecule has 0 aliphatic carbocycles. The van der Waals surface area contributed by atoms with Gasteiger partial charge >= 0.3 is 7.82 Å². The molecule has 0 bridgehead atoms. The highest BCUT2D eigenvalue weighted by Crippen LogP contribution is 2.43. The van der Waals surface area contributed by atoms with Crippen molar-refractivity contribution in [3.63, 3.8) is 0 Å². The number of quaternary nitrogens is 1. The van der Waals surface area contributed by atoms with Crippen LogP contribution in [0, 0.1) is 0 Å². The van der Waals surface area contributed by atoms with Crippen LogP contribution in [0.3, 0.4) is 0 Å². The number of carbonyl (C=O) groups is 1. The third-order valence-electron chi connectivity index (χ3n) is 13.9. The van der Waals surface area contributed by atoms with E-state index in [4.69, 9.17) is 9.05 Å². The molecule has 3 unspecified atom stereocenters. The van der Waals surface area contributed by atoms with Crippen LogP contribution in [0.4, 0.5) is 0 Å². The van der Waals surface area contributed by atoms with Crippen LogP contribution in [0.15, 0.2) is 24.3 Å². The summed E-state index contributed by atoms with van der Waals surface area (Å²) in [5, 5.41) is 14.0. The predicted molar refractivity (Wildman–Crippen MR) is 300 cm³/mol. The quantitative estimate of drug-likeness (QED) is 0.0243. The van der Waals surface area contributed by atoms with Crippen LogP contribution >= 0.6 is 7.82 Å². The van der Waals surface area contributed by atoms with Gasteiger partial charge in [-0.3, -0.25) is 13.8 Å². The van der Waals surface area contributed by atoms with Crippen LogP contribution in [-0.4, -0.2) is 73.4 Å². The van der Waals surface area contributed by atoms with E-state index in [0.29, 0.717) is 17.4 Å². The molecule has 0 aromatic carbocycles. The number of nitrogens with one attached hydrogen (secondary N) is 1. The van der Waals surface area contributed by atoms with Gasteiger partial charge in [0.25, 0.3) is 0 Å². The maximum Gasteiger partial charge on any atom is 0.472 e. The maximum atomic E-state index is 13.0. The number of hydrogen-bond acceptors (Lipinski definition) is 5. The van der Waals surface area contributed by atoms with Crippen molar-refractivity contribution in [2.24, 2.45) is 0 Å². The molecule has 0 aliphatic heterocycles. The summed E-state index contributed by atoms with van der Waals surface area (Å²) in [5.74, 6) is -0.171. The highest BCUT2D eigenvalue weighted by Gasteiger charge is 2.27. The molecule has 0 heterocycles. The largest absolute Gasteiger partial charge is 0.472 e. The van der Waals surface area contributed by atoms with Gasteiger partial charge in [-0.2, -0.15) is 0 Å². The maximum absolute atomic E-state index is 13.0. The summed E-state index contributed by atoms with van der Waals surface area (Å²) in [6, 6.07) is -0.844. The topological polar surface area (TPSA) is 105 Å². The fourth-order valence-corrected chi connectivity index (χ4v) is 9.89. The Labute approximate surface area is 430 Å². The highest BCUT2D eigenvalue weighted by molar-refractivity contribution is 7.47. The van der Waals surface area contributed by atoms with Gasteiger partial charge in [0.2, 0.25) is 5.91 Å². The Hall–Kier alpha value is -1.02.